The van der Waals surface area contributed by atoms with Crippen molar-refractivity contribution in [1.82, 2.24) is 14.9 Å². The van der Waals surface area contributed by atoms with Gasteiger partial charge < -0.3 is 14.8 Å². The molecule has 126 valence electrons. The Balaban J connectivity index is 1.48. The van der Waals surface area contributed by atoms with Crippen molar-refractivity contribution in [3.05, 3.63) is 64.6 Å². The van der Waals surface area contributed by atoms with Gasteiger partial charge in [-0.1, -0.05) is 18.2 Å². The number of aromatic nitrogens is 2. The zero-order chi connectivity index (χ0) is 17.2. The van der Waals surface area contributed by atoms with Crippen LogP contribution in [-0.2, 0) is 17.9 Å². The SMILES string of the molecule is O=C(Cn1c(=O)cnc2ccccc21)NCc1ccc2c(c1)OCO2. The minimum atomic E-state index is -0.308. The molecule has 7 heteroatoms. The second-order valence-corrected chi connectivity index (χ2v) is 5.64. The summed E-state index contributed by atoms with van der Waals surface area (Å²) in [7, 11) is 0. The molecule has 1 N–H and O–H groups in total. The number of amides is 1. The van der Waals surface area contributed by atoms with Crippen LogP contribution in [0.25, 0.3) is 11.0 Å². The van der Waals surface area contributed by atoms with Gasteiger partial charge in [-0.25, -0.2) is 4.98 Å². The third-order valence-electron chi connectivity index (χ3n) is 3.98. The summed E-state index contributed by atoms with van der Waals surface area (Å²) in [5.74, 6) is 1.11. The van der Waals surface area contributed by atoms with Gasteiger partial charge in [0.2, 0.25) is 12.7 Å². The van der Waals surface area contributed by atoms with Crippen molar-refractivity contribution in [2.45, 2.75) is 13.1 Å². The molecule has 0 saturated heterocycles. The number of nitrogens with zero attached hydrogens (tertiary/aromatic N) is 2. The van der Waals surface area contributed by atoms with Gasteiger partial charge in [0, 0.05) is 6.54 Å². The molecule has 0 fully saturated rings. The molecule has 7 nitrogen and oxygen atoms in total. The average molecular weight is 337 g/mol. The molecule has 0 radical (unpaired) electrons. The first-order valence-electron chi connectivity index (χ1n) is 7.80. The highest BCUT2D eigenvalue weighted by Crippen LogP contribution is 2.32. The van der Waals surface area contributed by atoms with Gasteiger partial charge in [-0.15, -0.1) is 0 Å². The van der Waals surface area contributed by atoms with Crippen LogP contribution in [-0.4, -0.2) is 22.3 Å². The molecule has 0 bridgehead atoms. The van der Waals surface area contributed by atoms with Crippen LogP contribution >= 0.6 is 0 Å². The number of nitrogens with one attached hydrogen (secondary N) is 1. The van der Waals surface area contributed by atoms with Crippen molar-refractivity contribution in [3.63, 3.8) is 0 Å². The molecule has 1 amide bonds. The summed E-state index contributed by atoms with van der Waals surface area (Å²) in [5.41, 5.74) is 1.89. The van der Waals surface area contributed by atoms with Gasteiger partial charge in [0.15, 0.2) is 11.5 Å². The van der Waals surface area contributed by atoms with Crippen LogP contribution in [0.15, 0.2) is 53.5 Å². The maximum Gasteiger partial charge on any atom is 0.269 e. The molecule has 2 heterocycles. The van der Waals surface area contributed by atoms with Crippen molar-refractivity contribution in [2.75, 3.05) is 6.79 Å². The number of carbonyl (C=O) groups excluding carboxylic acids is 1. The van der Waals surface area contributed by atoms with E-state index < -0.39 is 0 Å². The Labute approximate surface area is 142 Å². The van der Waals surface area contributed by atoms with Gasteiger partial charge in [0.05, 0.1) is 17.2 Å². The second kappa shape index (κ2) is 6.27. The van der Waals surface area contributed by atoms with Gasteiger partial charge in [-0.05, 0) is 29.8 Å². The minimum absolute atomic E-state index is 0.0631. The van der Waals surface area contributed by atoms with Crippen molar-refractivity contribution in [2.24, 2.45) is 0 Å². The first-order chi connectivity index (χ1) is 12.2. The first-order valence-corrected chi connectivity index (χ1v) is 7.80. The molecule has 1 aliphatic rings. The van der Waals surface area contributed by atoms with Crippen molar-refractivity contribution >= 4 is 16.9 Å². The number of fused-ring (bicyclic) bond motifs is 2. The minimum Gasteiger partial charge on any atom is -0.454 e. The van der Waals surface area contributed by atoms with E-state index in [0.717, 1.165) is 5.56 Å². The maximum atomic E-state index is 12.3. The normalized spacial score (nSPS) is 12.3. The zero-order valence-electron chi connectivity index (χ0n) is 13.3. The van der Waals surface area contributed by atoms with Crippen molar-refractivity contribution in [1.29, 1.82) is 0 Å². The van der Waals surface area contributed by atoms with E-state index in [2.05, 4.69) is 10.3 Å². The quantitative estimate of drug-likeness (QED) is 0.779. The molecule has 4 rings (SSSR count). The van der Waals surface area contributed by atoms with E-state index in [1.54, 1.807) is 12.1 Å². The number of ether oxygens (including phenoxy) is 2. The van der Waals surface area contributed by atoms with Crippen molar-refractivity contribution in [3.8, 4) is 11.5 Å². The zero-order valence-corrected chi connectivity index (χ0v) is 13.3. The lowest BCUT2D eigenvalue weighted by Gasteiger charge is -2.10. The van der Waals surface area contributed by atoms with Gasteiger partial charge in [-0.2, -0.15) is 0 Å². The highest BCUT2D eigenvalue weighted by molar-refractivity contribution is 5.79. The molecule has 0 saturated carbocycles. The molecule has 0 spiro atoms. The van der Waals surface area contributed by atoms with Crippen LogP contribution < -0.4 is 20.3 Å². The molecule has 3 aromatic rings. The third kappa shape index (κ3) is 3.03. The number of para-hydroxylation sites is 2. The highest BCUT2D eigenvalue weighted by atomic mass is 16.7. The van der Waals surface area contributed by atoms with Crippen LogP contribution in [0.5, 0.6) is 11.5 Å². The molecule has 1 aliphatic heterocycles. The van der Waals surface area contributed by atoms with E-state index in [1.807, 2.05) is 30.3 Å². The van der Waals surface area contributed by atoms with Crippen LogP contribution in [0.3, 0.4) is 0 Å². The molecular formula is C18H15N3O4. The second-order valence-electron chi connectivity index (χ2n) is 5.64. The first kappa shape index (κ1) is 15.2. The molecular weight excluding hydrogens is 322 g/mol. The Morgan fingerprint density at radius 3 is 2.92 bits per heavy atom. The lowest BCUT2D eigenvalue weighted by molar-refractivity contribution is -0.121. The number of benzene rings is 2. The van der Waals surface area contributed by atoms with Crippen LogP contribution in [0, 0.1) is 0 Å². The third-order valence-corrected chi connectivity index (χ3v) is 3.98. The summed E-state index contributed by atoms with van der Waals surface area (Å²) < 4.78 is 12.0. The molecule has 1 aromatic heterocycles. The molecule has 2 aromatic carbocycles. The monoisotopic (exact) mass is 337 g/mol. The number of rotatable bonds is 4. The average Bonchev–Trinajstić information content (AvgIpc) is 3.10. The van der Waals surface area contributed by atoms with Crippen LogP contribution in [0.4, 0.5) is 0 Å². The van der Waals surface area contributed by atoms with Crippen LogP contribution in [0.1, 0.15) is 5.56 Å². The summed E-state index contributed by atoms with van der Waals surface area (Å²) in [5, 5.41) is 2.82. The Hall–Kier alpha value is -3.35. The smallest absolute Gasteiger partial charge is 0.269 e. The molecule has 0 atom stereocenters. The standard InChI is InChI=1S/C18H15N3O4/c22-17(20-8-12-5-6-15-16(7-12)25-11-24-15)10-21-14-4-2-1-3-13(14)19-9-18(21)23/h1-7,9H,8,10-11H2,(H,20,22). The summed E-state index contributed by atoms with van der Waals surface area (Å²) in [6, 6.07) is 12.7. The topological polar surface area (TPSA) is 82.5 Å². The predicted octanol–water partition coefficient (Wildman–Crippen LogP) is 1.44. The molecule has 0 unspecified atom stereocenters. The Bertz CT molecular complexity index is 1010. The maximum absolute atomic E-state index is 12.3. The Kier molecular flexibility index (Phi) is 3.81. The van der Waals surface area contributed by atoms with E-state index >= 15 is 0 Å². The van der Waals surface area contributed by atoms with Gasteiger partial charge in [-0.3, -0.25) is 14.2 Å². The predicted molar refractivity (Wildman–Crippen MR) is 90.4 cm³/mol. The summed E-state index contributed by atoms with van der Waals surface area (Å²) >= 11 is 0. The van der Waals surface area contributed by atoms with E-state index in [0.29, 0.717) is 29.1 Å². The van der Waals surface area contributed by atoms with Gasteiger partial charge in [0.25, 0.3) is 5.56 Å². The molecule has 0 aliphatic carbocycles. The number of carbonyl (C=O) groups is 1. The van der Waals surface area contributed by atoms with E-state index in [9.17, 15) is 9.59 Å². The summed E-state index contributed by atoms with van der Waals surface area (Å²) in [4.78, 5) is 28.4. The Morgan fingerprint density at radius 2 is 2.00 bits per heavy atom. The van der Waals surface area contributed by atoms with Crippen molar-refractivity contribution < 1.29 is 14.3 Å². The lowest BCUT2D eigenvalue weighted by Crippen LogP contribution is -2.32. The highest BCUT2D eigenvalue weighted by Gasteiger charge is 2.14. The summed E-state index contributed by atoms with van der Waals surface area (Å²) in [6.07, 6.45) is 1.23. The van der Waals surface area contributed by atoms with E-state index in [4.69, 9.17) is 9.47 Å². The van der Waals surface area contributed by atoms with E-state index in [1.165, 1.54) is 10.8 Å². The largest absolute Gasteiger partial charge is 0.454 e. The fraction of sp³-hybridized carbons (Fsp3) is 0.167. The van der Waals surface area contributed by atoms with Gasteiger partial charge >= 0.3 is 0 Å². The van der Waals surface area contributed by atoms with Crippen LogP contribution in [0.2, 0.25) is 0 Å². The summed E-state index contributed by atoms with van der Waals surface area (Å²) in [6.45, 7) is 0.489. The molecule has 25 heavy (non-hydrogen) atoms. The number of hydrogen-bond acceptors (Lipinski definition) is 5. The lowest BCUT2D eigenvalue weighted by atomic mass is 10.2. The fourth-order valence-corrected chi connectivity index (χ4v) is 2.73. The fourth-order valence-electron chi connectivity index (χ4n) is 2.73. The Morgan fingerprint density at radius 1 is 1.16 bits per heavy atom. The number of hydrogen-bond donors (Lipinski definition) is 1. The van der Waals surface area contributed by atoms with E-state index in [-0.39, 0.29) is 24.8 Å². The van der Waals surface area contributed by atoms with Gasteiger partial charge in [0.1, 0.15) is 6.54 Å².